The van der Waals surface area contributed by atoms with E-state index in [0.29, 0.717) is 41.7 Å². The topological polar surface area (TPSA) is 87.3 Å². The second-order valence-electron chi connectivity index (χ2n) is 9.90. The number of rotatable bonds is 9. The number of ether oxygens (including phenoxy) is 5. The van der Waals surface area contributed by atoms with Crippen LogP contribution in [0.5, 0.6) is 28.7 Å². The first-order valence-electron chi connectivity index (χ1n) is 13.3. The van der Waals surface area contributed by atoms with Gasteiger partial charge in [0.2, 0.25) is 5.91 Å². The van der Waals surface area contributed by atoms with Crippen LogP contribution >= 0.6 is 0 Å². The quantitative estimate of drug-likeness (QED) is 0.418. The summed E-state index contributed by atoms with van der Waals surface area (Å²) in [7, 11) is 6.47. The SMILES string of the molecule is COc1ccc(CC2NCC(CC(=O)NC3CCc4ccccc43)Oc3cc(OC)c(OC)cc32)cc1OC. The molecule has 2 aliphatic rings. The summed E-state index contributed by atoms with van der Waals surface area (Å²) in [6.07, 6.45) is 2.46. The number of hydrogen-bond donors (Lipinski definition) is 2. The van der Waals surface area contributed by atoms with Crippen molar-refractivity contribution in [1.82, 2.24) is 10.6 Å². The van der Waals surface area contributed by atoms with E-state index in [1.165, 1.54) is 11.1 Å². The molecule has 1 aliphatic heterocycles. The predicted molar refractivity (Wildman–Crippen MR) is 148 cm³/mol. The second kappa shape index (κ2) is 11.9. The molecule has 0 radical (unpaired) electrons. The zero-order chi connectivity index (χ0) is 27.4. The summed E-state index contributed by atoms with van der Waals surface area (Å²) < 4.78 is 28.5. The lowest BCUT2D eigenvalue weighted by Gasteiger charge is -2.20. The Kier molecular flexibility index (Phi) is 8.12. The lowest BCUT2D eigenvalue weighted by atomic mass is 9.97. The zero-order valence-corrected chi connectivity index (χ0v) is 22.9. The van der Waals surface area contributed by atoms with Gasteiger partial charge < -0.3 is 34.3 Å². The maximum atomic E-state index is 13.1. The first-order chi connectivity index (χ1) is 19.0. The zero-order valence-electron chi connectivity index (χ0n) is 22.9. The predicted octanol–water partition coefficient (Wildman–Crippen LogP) is 4.55. The van der Waals surface area contributed by atoms with Gasteiger partial charge in [-0.25, -0.2) is 0 Å². The monoisotopic (exact) mass is 532 g/mol. The number of nitrogens with one attached hydrogen (secondary N) is 2. The molecule has 0 bridgehead atoms. The number of carbonyl (C=O) groups is 1. The van der Waals surface area contributed by atoms with Gasteiger partial charge in [-0.2, -0.15) is 0 Å². The van der Waals surface area contributed by atoms with Crippen molar-refractivity contribution >= 4 is 5.91 Å². The molecule has 0 saturated heterocycles. The summed E-state index contributed by atoms with van der Waals surface area (Å²) in [6.45, 7) is 0.506. The van der Waals surface area contributed by atoms with E-state index in [1.54, 1.807) is 28.4 Å². The molecule has 206 valence electrons. The second-order valence-corrected chi connectivity index (χ2v) is 9.90. The lowest BCUT2D eigenvalue weighted by Crippen LogP contribution is -2.37. The number of fused-ring (bicyclic) bond motifs is 2. The van der Waals surface area contributed by atoms with Crippen molar-refractivity contribution in [2.75, 3.05) is 35.0 Å². The van der Waals surface area contributed by atoms with Gasteiger partial charge in [-0.1, -0.05) is 30.3 Å². The van der Waals surface area contributed by atoms with Crippen molar-refractivity contribution in [3.8, 4) is 28.7 Å². The third-order valence-corrected chi connectivity index (χ3v) is 7.55. The van der Waals surface area contributed by atoms with Crippen molar-refractivity contribution in [2.45, 2.75) is 43.9 Å². The summed E-state index contributed by atoms with van der Waals surface area (Å²) in [6, 6.07) is 18.0. The highest BCUT2D eigenvalue weighted by molar-refractivity contribution is 5.77. The van der Waals surface area contributed by atoms with Crippen LogP contribution in [-0.4, -0.2) is 47.0 Å². The highest BCUT2D eigenvalue weighted by atomic mass is 16.5. The number of methoxy groups -OCH3 is 4. The summed E-state index contributed by atoms with van der Waals surface area (Å²) >= 11 is 0. The Morgan fingerprint density at radius 2 is 1.62 bits per heavy atom. The molecule has 0 saturated carbocycles. The third kappa shape index (κ3) is 5.76. The number of carbonyl (C=O) groups excluding carboxylic acids is 1. The van der Waals surface area contributed by atoms with Crippen LogP contribution in [0.4, 0.5) is 0 Å². The minimum absolute atomic E-state index is 0.0242. The standard InChI is InChI=1S/C31H36N2O6/c1-35-26-12-9-19(14-28(26)36-2)13-25-23-16-29(37-3)30(38-4)17-27(23)39-21(18-32-25)15-31(34)33-24-11-10-20-7-5-6-8-22(20)24/h5-9,12,14,16-17,21,24-25,32H,10-11,13,15,18H2,1-4H3,(H,33,34). The average Bonchev–Trinajstić information content (AvgIpc) is 3.29. The van der Waals surface area contributed by atoms with Gasteiger partial charge in [0.05, 0.1) is 40.9 Å². The molecule has 3 unspecified atom stereocenters. The summed E-state index contributed by atoms with van der Waals surface area (Å²) in [5.41, 5.74) is 4.53. The minimum atomic E-state index is -0.353. The van der Waals surface area contributed by atoms with Crippen LogP contribution in [0.3, 0.4) is 0 Å². The Balaban J connectivity index is 1.36. The van der Waals surface area contributed by atoms with Crippen LogP contribution in [-0.2, 0) is 17.6 Å². The van der Waals surface area contributed by atoms with Crippen molar-refractivity contribution < 1.29 is 28.5 Å². The molecular weight excluding hydrogens is 496 g/mol. The Hall–Kier alpha value is -3.91. The van der Waals surface area contributed by atoms with Crippen LogP contribution in [0.2, 0.25) is 0 Å². The number of amides is 1. The van der Waals surface area contributed by atoms with E-state index < -0.39 is 0 Å². The van der Waals surface area contributed by atoms with Crippen LogP contribution in [0.25, 0.3) is 0 Å². The molecule has 8 heteroatoms. The van der Waals surface area contributed by atoms with Gasteiger partial charge in [0, 0.05) is 24.2 Å². The highest BCUT2D eigenvalue weighted by Crippen LogP contribution is 2.41. The average molecular weight is 533 g/mol. The van der Waals surface area contributed by atoms with E-state index in [-0.39, 0.29) is 30.5 Å². The third-order valence-electron chi connectivity index (χ3n) is 7.55. The van der Waals surface area contributed by atoms with E-state index in [4.69, 9.17) is 23.7 Å². The molecule has 2 N–H and O–H groups in total. The smallest absolute Gasteiger partial charge is 0.224 e. The maximum Gasteiger partial charge on any atom is 0.224 e. The van der Waals surface area contributed by atoms with Crippen molar-refractivity contribution in [1.29, 1.82) is 0 Å². The van der Waals surface area contributed by atoms with Crippen molar-refractivity contribution in [3.63, 3.8) is 0 Å². The van der Waals surface area contributed by atoms with Gasteiger partial charge in [-0.05, 0) is 54.2 Å². The highest BCUT2D eigenvalue weighted by Gasteiger charge is 2.30. The normalized spacial score (nSPS) is 19.6. The molecule has 1 amide bonds. The molecule has 1 aliphatic carbocycles. The first-order valence-corrected chi connectivity index (χ1v) is 13.3. The number of hydrogen-bond acceptors (Lipinski definition) is 7. The minimum Gasteiger partial charge on any atom is -0.493 e. The molecule has 0 aromatic heterocycles. The molecule has 3 aromatic rings. The van der Waals surface area contributed by atoms with Gasteiger partial charge in [0.25, 0.3) is 0 Å². The van der Waals surface area contributed by atoms with Gasteiger partial charge in [0.15, 0.2) is 23.0 Å². The largest absolute Gasteiger partial charge is 0.493 e. The Morgan fingerprint density at radius 1 is 0.897 bits per heavy atom. The maximum absolute atomic E-state index is 13.1. The van der Waals surface area contributed by atoms with E-state index in [9.17, 15) is 4.79 Å². The molecule has 8 nitrogen and oxygen atoms in total. The summed E-state index contributed by atoms with van der Waals surface area (Å²) in [5.74, 6) is 3.21. The molecule has 0 fully saturated rings. The first kappa shape index (κ1) is 26.7. The number of benzene rings is 3. The molecule has 39 heavy (non-hydrogen) atoms. The Bertz CT molecular complexity index is 1330. The van der Waals surface area contributed by atoms with Gasteiger partial charge in [-0.15, -0.1) is 0 Å². The van der Waals surface area contributed by atoms with E-state index >= 15 is 0 Å². The van der Waals surface area contributed by atoms with Crippen molar-refractivity contribution in [3.05, 3.63) is 76.9 Å². The summed E-state index contributed by atoms with van der Waals surface area (Å²) in [4.78, 5) is 13.1. The fourth-order valence-electron chi connectivity index (χ4n) is 5.56. The lowest BCUT2D eigenvalue weighted by molar-refractivity contribution is -0.123. The van der Waals surface area contributed by atoms with Gasteiger partial charge in [-0.3, -0.25) is 4.79 Å². The van der Waals surface area contributed by atoms with Gasteiger partial charge in [0.1, 0.15) is 11.9 Å². The van der Waals surface area contributed by atoms with Crippen LogP contribution < -0.4 is 34.3 Å². The fraction of sp³-hybridized carbons (Fsp3) is 0.387. The number of aryl methyl sites for hydroxylation is 1. The molecule has 1 heterocycles. The Morgan fingerprint density at radius 3 is 2.38 bits per heavy atom. The van der Waals surface area contributed by atoms with Crippen LogP contribution in [0.1, 0.15) is 47.2 Å². The van der Waals surface area contributed by atoms with Crippen molar-refractivity contribution in [2.24, 2.45) is 0 Å². The molecular formula is C31H36N2O6. The van der Waals surface area contributed by atoms with E-state index in [2.05, 4.69) is 22.8 Å². The van der Waals surface area contributed by atoms with E-state index in [0.717, 1.165) is 24.0 Å². The summed E-state index contributed by atoms with van der Waals surface area (Å²) in [5, 5.41) is 6.86. The Labute approximate surface area is 229 Å². The van der Waals surface area contributed by atoms with Crippen LogP contribution in [0.15, 0.2) is 54.6 Å². The molecule has 0 spiro atoms. The van der Waals surface area contributed by atoms with E-state index in [1.807, 2.05) is 42.5 Å². The fourth-order valence-corrected chi connectivity index (χ4v) is 5.56. The van der Waals surface area contributed by atoms with Crippen LogP contribution in [0, 0.1) is 0 Å². The molecule has 5 rings (SSSR count). The molecule has 3 aromatic carbocycles. The molecule has 3 atom stereocenters. The van der Waals surface area contributed by atoms with Gasteiger partial charge >= 0.3 is 0 Å².